The lowest BCUT2D eigenvalue weighted by Gasteiger charge is -2.43. The quantitative estimate of drug-likeness (QED) is 0.395. The normalized spacial score (nSPS) is 22.9. The van der Waals surface area contributed by atoms with E-state index in [9.17, 15) is 0 Å². The summed E-state index contributed by atoms with van der Waals surface area (Å²) in [5.74, 6) is 1.73. The Balaban J connectivity index is 0.000000920. The van der Waals surface area contributed by atoms with E-state index in [1.54, 1.807) is 13.8 Å². The third kappa shape index (κ3) is 9.71. The van der Waals surface area contributed by atoms with Crippen molar-refractivity contribution in [3.8, 4) is 0 Å². The summed E-state index contributed by atoms with van der Waals surface area (Å²) in [4.78, 5) is 2.74. The van der Waals surface area contributed by atoms with Crippen molar-refractivity contribution in [2.75, 3.05) is 19.6 Å². The van der Waals surface area contributed by atoms with Gasteiger partial charge in [0.25, 0.3) is 0 Å². The van der Waals surface area contributed by atoms with E-state index in [1.165, 1.54) is 63.7 Å². The van der Waals surface area contributed by atoms with Crippen molar-refractivity contribution in [2.45, 2.75) is 86.5 Å². The number of nitrogens with zero attached hydrogens (tertiary/aromatic N) is 1. The van der Waals surface area contributed by atoms with E-state index in [0.717, 1.165) is 18.3 Å². The Morgan fingerprint density at radius 3 is 2.12 bits per heavy atom. The first-order valence-corrected chi connectivity index (χ1v) is 10.8. The van der Waals surface area contributed by atoms with Gasteiger partial charge in [-0.1, -0.05) is 45.3 Å². The zero-order chi connectivity index (χ0) is 20.2. The fraction of sp³-hybridized carbons (Fsp3) is 0.792. The van der Waals surface area contributed by atoms with Gasteiger partial charge in [-0.15, -0.1) is 13.2 Å². The maximum Gasteiger partial charge on any atom is 0.00272 e. The molecule has 0 radical (unpaired) electrons. The molecule has 2 rings (SSSR count). The monoisotopic (exact) mass is 362 g/mol. The zero-order valence-corrected chi connectivity index (χ0v) is 18.7. The van der Waals surface area contributed by atoms with Crippen molar-refractivity contribution in [3.05, 3.63) is 24.8 Å². The molecule has 2 atom stereocenters. The van der Waals surface area contributed by atoms with Crippen molar-refractivity contribution in [2.24, 2.45) is 17.3 Å². The molecule has 2 aliphatic rings. The third-order valence-electron chi connectivity index (χ3n) is 5.58. The molecule has 2 heteroatoms. The highest BCUT2D eigenvalue weighted by Crippen LogP contribution is 2.40. The van der Waals surface area contributed by atoms with Crippen LogP contribution in [0, 0.1) is 22.7 Å². The first kappa shape index (κ1) is 25.1. The molecule has 2 nitrogen and oxygen atoms in total. The molecule has 0 aromatic rings. The topological polar surface area (TPSA) is 27.1 Å². The Labute approximate surface area is 164 Å². The summed E-state index contributed by atoms with van der Waals surface area (Å²) in [7, 11) is 0. The second kappa shape index (κ2) is 13.3. The van der Waals surface area contributed by atoms with E-state index in [0.29, 0.717) is 5.71 Å². The summed E-state index contributed by atoms with van der Waals surface area (Å²) in [5.41, 5.74) is 2.19. The number of likely N-dealkylation sites (tertiary alicyclic amines) is 1. The summed E-state index contributed by atoms with van der Waals surface area (Å²) in [6.07, 6.45) is 11.9. The van der Waals surface area contributed by atoms with Crippen molar-refractivity contribution < 1.29 is 0 Å². The summed E-state index contributed by atoms with van der Waals surface area (Å²) < 4.78 is 0. The molecule has 1 aliphatic carbocycles. The molecule has 1 unspecified atom stereocenters. The van der Waals surface area contributed by atoms with Crippen LogP contribution in [-0.2, 0) is 0 Å². The van der Waals surface area contributed by atoms with Gasteiger partial charge in [-0.05, 0) is 76.7 Å². The van der Waals surface area contributed by atoms with Crippen molar-refractivity contribution >= 4 is 5.71 Å². The Bertz CT molecular complexity index is 416. The fourth-order valence-electron chi connectivity index (χ4n) is 4.35. The van der Waals surface area contributed by atoms with E-state index in [4.69, 9.17) is 5.41 Å². The highest BCUT2D eigenvalue weighted by Gasteiger charge is 2.35. The molecule has 2 fully saturated rings. The van der Waals surface area contributed by atoms with E-state index in [1.807, 2.05) is 13.8 Å². The number of rotatable bonds is 6. The van der Waals surface area contributed by atoms with Crippen LogP contribution in [0.1, 0.15) is 86.5 Å². The highest BCUT2D eigenvalue weighted by molar-refractivity contribution is 5.75. The van der Waals surface area contributed by atoms with E-state index >= 15 is 0 Å². The van der Waals surface area contributed by atoms with Gasteiger partial charge in [0.2, 0.25) is 0 Å². The molecule has 152 valence electrons. The Morgan fingerprint density at radius 2 is 1.65 bits per heavy atom. The van der Waals surface area contributed by atoms with Crippen LogP contribution in [0.3, 0.4) is 0 Å². The van der Waals surface area contributed by atoms with Crippen molar-refractivity contribution in [1.29, 1.82) is 5.41 Å². The van der Waals surface area contributed by atoms with Gasteiger partial charge in [-0.3, -0.25) is 0 Å². The summed E-state index contributed by atoms with van der Waals surface area (Å²) in [5, 5.41) is 6.50. The largest absolute Gasteiger partial charge is 0.310 e. The second-order valence-corrected chi connectivity index (χ2v) is 8.59. The minimum atomic E-state index is 0.236. The number of allylic oxidation sites excluding steroid dienone is 2. The maximum absolute atomic E-state index is 6.50. The van der Waals surface area contributed by atoms with Gasteiger partial charge >= 0.3 is 0 Å². The lowest BCUT2D eigenvalue weighted by molar-refractivity contribution is 0.0931. The molecule has 0 spiro atoms. The van der Waals surface area contributed by atoms with Gasteiger partial charge in [0.05, 0.1) is 0 Å². The molecular weight excluding hydrogens is 316 g/mol. The van der Waals surface area contributed by atoms with Crippen molar-refractivity contribution in [1.82, 2.24) is 4.90 Å². The molecule has 1 saturated carbocycles. The molecule has 0 amide bonds. The van der Waals surface area contributed by atoms with Gasteiger partial charge in [0.1, 0.15) is 0 Å². The Hall–Kier alpha value is -0.890. The molecule has 0 aromatic carbocycles. The lowest BCUT2D eigenvalue weighted by atomic mass is 9.70. The van der Waals surface area contributed by atoms with Crippen LogP contribution in [0.5, 0.6) is 0 Å². The first-order chi connectivity index (χ1) is 12.3. The minimum absolute atomic E-state index is 0.236. The average molecular weight is 363 g/mol. The van der Waals surface area contributed by atoms with Crippen LogP contribution in [0.25, 0.3) is 0 Å². The Kier molecular flexibility index (Phi) is 12.8. The number of hydrogen-bond acceptors (Lipinski definition) is 2. The first-order valence-electron chi connectivity index (χ1n) is 10.8. The highest BCUT2D eigenvalue weighted by atomic mass is 15.1. The van der Waals surface area contributed by atoms with E-state index < -0.39 is 0 Å². The van der Waals surface area contributed by atoms with Crippen LogP contribution >= 0.6 is 0 Å². The van der Waals surface area contributed by atoms with Crippen molar-refractivity contribution in [3.63, 3.8) is 0 Å². The van der Waals surface area contributed by atoms with Gasteiger partial charge < -0.3 is 10.3 Å². The molecule has 0 bridgehead atoms. The standard InChI is InChI=1S/C19H33N.C3H7N.C2H6/c1-5-19(4,13-16(2)3)18-11-8-12-20(15-18)14-17-9-6-7-10-17;1-3(2)4;1-2/h5,17-18H,1-2,6-15H2,3-4H3;4H,1-2H3;1-2H3/t18?,19-;;/m0../s1. The fourth-order valence-corrected chi connectivity index (χ4v) is 4.35. The predicted octanol–water partition coefficient (Wildman–Crippen LogP) is 7.12. The zero-order valence-electron chi connectivity index (χ0n) is 18.7. The number of nitrogens with one attached hydrogen (secondary N) is 1. The van der Waals surface area contributed by atoms with Crippen LogP contribution in [0.15, 0.2) is 24.8 Å². The predicted molar refractivity (Wildman–Crippen MR) is 119 cm³/mol. The van der Waals surface area contributed by atoms with E-state index in [2.05, 4.69) is 38.0 Å². The summed E-state index contributed by atoms with van der Waals surface area (Å²) in [6, 6.07) is 0. The van der Waals surface area contributed by atoms with Crippen LogP contribution < -0.4 is 0 Å². The van der Waals surface area contributed by atoms with Gasteiger partial charge in [0, 0.05) is 18.8 Å². The molecular formula is C24H46N2. The number of piperidine rings is 1. The maximum atomic E-state index is 6.50. The molecule has 1 heterocycles. The molecule has 26 heavy (non-hydrogen) atoms. The minimum Gasteiger partial charge on any atom is -0.310 e. The van der Waals surface area contributed by atoms with Crippen LogP contribution in [-0.4, -0.2) is 30.2 Å². The Morgan fingerprint density at radius 1 is 1.12 bits per heavy atom. The van der Waals surface area contributed by atoms with Crippen LogP contribution in [0.4, 0.5) is 0 Å². The van der Waals surface area contributed by atoms with Gasteiger partial charge in [-0.25, -0.2) is 0 Å². The lowest BCUT2D eigenvalue weighted by Crippen LogP contribution is -2.43. The van der Waals surface area contributed by atoms with Gasteiger partial charge in [0.15, 0.2) is 0 Å². The summed E-state index contributed by atoms with van der Waals surface area (Å²) >= 11 is 0. The molecule has 0 aromatic heterocycles. The summed E-state index contributed by atoms with van der Waals surface area (Å²) in [6.45, 7) is 24.2. The van der Waals surface area contributed by atoms with Crippen LogP contribution in [0.2, 0.25) is 0 Å². The average Bonchev–Trinajstić information content (AvgIpc) is 3.09. The smallest absolute Gasteiger partial charge is 0.00272 e. The second-order valence-electron chi connectivity index (χ2n) is 8.59. The number of hydrogen-bond donors (Lipinski definition) is 1. The SMILES string of the molecule is C=C[C@@](C)(CC(=C)C)C1CCCN(CC2CCCC2)C1.CC.CC(C)=N. The van der Waals surface area contributed by atoms with Gasteiger partial charge in [-0.2, -0.15) is 0 Å². The molecule has 1 saturated heterocycles. The molecule has 1 N–H and O–H groups in total. The van der Waals surface area contributed by atoms with E-state index in [-0.39, 0.29) is 5.41 Å². The molecule has 1 aliphatic heterocycles. The third-order valence-corrected chi connectivity index (χ3v) is 5.58.